The lowest BCUT2D eigenvalue weighted by molar-refractivity contribution is -0.0171. The van der Waals surface area contributed by atoms with Gasteiger partial charge in [-0.25, -0.2) is 9.78 Å². The number of fused-ring (bicyclic) bond motifs is 2. The summed E-state index contributed by atoms with van der Waals surface area (Å²) in [4.78, 5) is 44.4. The number of aryl methyl sites for hydroxylation is 2. The molecule has 0 spiro atoms. The van der Waals surface area contributed by atoms with Gasteiger partial charge in [0.15, 0.2) is 6.79 Å². The van der Waals surface area contributed by atoms with Crippen molar-refractivity contribution in [3.05, 3.63) is 85.8 Å². The van der Waals surface area contributed by atoms with Crippen LogP contribution in [-0.2, 0) is 22.6 Å². The van der Waals surface area contributed by atoms with E-state index in [4.69, 9.17) is 14.2 Å². The van der Waals surface area contributed by atoms with Gasteiger partial charge in [0.05, 0.1) is 41.9 Å². The molecule has 1 N–H and O–H groups in total. The van der Waals surface area contributed by atoms with Gasteiger partial charge < -0.3 is 19.5 Å². The van der Waals surface area contributed by atoms with Gasteiger partial charge in [-0.2, -0.15) is 0 Å². The Labute approximate surface area is 216 Å². The van der Waals surface area contributed by atoms with Crippen molar-refractivity contribution in [2.24, 2.45) is 0 Å². The first-order valence-corrected chi connectivity index (χ1v) is 12.6. The van der Waals surface area contributed by atoms with E-state index in [9.17, 15) is 14.4 Å². The molecule has 2 aromatic heterocycles. The van der Waals surface area contributed by atoms with E-state index in [0.717, 1.165) is 5.56 Å². The summed E-state index contributed by atoms with van der Waals surface area (Å²) in [5.74, 6) is -0.173. The minimum atomic E-state index is -0.462. The normalized spacial score (nSPS) is 12.6. The zero-order valence-electron chi connectivity index (χ0n) is 20.6. The number of nitrogens with zero attached hydrogens (tertiary/aromatic N) is 2. The smallest absolute Gasteiger partial charge is 0.338 e. The highest BCUT2D eigenvalue weighted by Gasteiger charge is 2.23. The number of nitrogens with one attached hydrogen (secondary N) is 1. The molecule has 3 heterocycles. The van der Waals surface area contributed by atoms with Gasteiger partial charge in [-0.15, -0.1) is 11.3 Å². The SMILES string of the molecule is CCOC(=O)c1cc2c(c(Cn3cnc4sc(C(=O)Nc5ccccc5C)c(C)c4c3=O)c1)OCOC2. The Bertz CT molecular complexity index is 1590. The Kier molecular flexibility index (Phi) is 6.77. The lowest BCUT2D eigenvalue weighted by Crippen LogP contribution is -2.23. The minimum absolute atomic E-state index is 0.0773. The summed E-state index contributed by atoms with van der Waals surface area (Å²) >= 11 is 1.18. The van der Waals surface area contributed by atoms with Crippen LogP contribution in [0, 0.1) is 13.8 Å². The second kappa shape index (κ2) is 10.2. The third kappa shape index (κ3) is 4.73. The van der Waals surface area contributed by atoms with Gasteiger partial charge in [0, 0.05) is 16.8 Å². The lowest BCUT2D eigenvalue weighted by Gasteiger charge is -2.22. The number of amides is 1. The maximum atomic E-state index is 13.5. The van der Waals surface area contributed by atoms with Gasteiger partial charge in [0.25, 0.3) is 11.5 Å². The molecule has 0 unspecified atom stereocenters. The Hall–Kier alpha value is -4.02. The van der Waals surface area contributed by atoms with E-state index in [1.165, 1.54) is 22.2 Å². The molecule has 0 saturated heterocycles. The lowest BCUT2D eigenvalue weighted by atomic mass is 10.0. The number of rotatable bonds is 6. The van der Waals surface area contributed by atoms with Crippen LogP contribution in [0.25, 0.3) is 10.2 Å². The summed E-state index contributed by atoms with van der Waals surface area (Å²) in [6, 6.07) is 10.9. The second-order valence-electron chi connectivity index (χ2n) is 8.64. The predicted octanol–water partition coefficient (Wildman–Crippen LogP) is 4.42. The first-order chi connectivity index (χ1) is 17.9. The third-order valence-electron chi connectivity index (χ3n) is 6.16. The molecule has 0 radical (unpaired) electrons. The van der Waals surface area contributed by atoms with Crippen molar-refractivity contribution in [1.82, 2.24) is 9.55 Å². The number of carbonyl (C=O) groups is 2. The molecule has 0 fully saturated rings. The van der Waals surface area contributed by atoms with E-state index in [0.29, 0.717) is 48.8 Å². The summed E-state index contributed by atoms with van der Waals surface area (Å²) in [5, 5.41) is 3.32. The number of hydrogen-bond acceptors (Lipinski definition) is 8. The topological polar surface area (TPSA) is 109 Å². The van der Waals surface area contributed by atoms with E-state index in [1.807, 2.05) is 31.2 Å². The Morgan fingerprint density at radius 1 is 1.22 bits per heavy atom. The molecule has 1 aliphatic heterocycles. The molecule has 0 aliphatic carbocycles. The van der Waals surface area contributed by atoms with Crippen LogP contribution in [0.5, 0.6) is 5.75 Å². The molecule has 2 aromatic carbocycles. The maximum absolute atomic E-state index is 13.5. The fraction of sp³-hybridized carbons (Fsp3) is 0.259. The van der Waals surface area contributed by atoms with Crippen LogP contribution in [0.15, 0.2) is 47.5 Å². The molecule has 5 rings (SSSR count). The van der Waals surface area contributed by atoms with Crippen LogP contribution < -0.4 is 15.6 Å². The van der Waals surface area contributed by atoms with Crippen LogP contribution in [0.2, 0.25) is 0 Å². The molecule has 37 heavy (non-hydrogen) atoms. The average molecular weight is 520 g/mol. The summed E-state index contributed by atoms with van der Waals surface area (Å²) in [7, 11) is 0. The molecule has 10 heteroatoms. The van der Waals surface area contributed by atoms with Gasteiger partial charge in [0.2, 0.25) is 0 Å². The standard InChI is InChI=1S/C27H25N3O6S/c1-4-35-27(33)17-9-18(22-19(10-17)12-34-14-36-22)11-30-13-28-25-21(26(30)32)16(3)23(37-25)24(31)29-20-8-6-5-7-15(20)2/h5-10,13H,4,11-12,14H2,1-3H3,(H,29,31). The van der Waals surface area contributed by atoms with E-state index < -0.39 is 5.97 Å². The molecular weight excluding hydrogens is 494 g/mol. The van der Waals surface area contributed by atoms with Crippen molar-refractivity contribution < 1.29 is 23.8 Å². The number of anilines is 1. The summed E-state index contributed by atoms with van der Waals surface area (Å²) in [6.45, 7) is 6.13. The monoisotopic (exact) mass is 519 g/mol. The number of hydrogen-bond donors (Lipinski definition) is 1. The Morgan fingerprint density at radius 2 is 2.03 bits per heavy atom. The number of aromatic nitrogens is 2. The Morgan fingerprint density at radius 3 is 2.81 bits per heavy atom. The third-order valence-corrected chi connectivity index (χ3v) is 7.35. The number of carbonyl (C=O) groups excluding carboxylic acids is 2. The molecule has 9 nitrogen and oxygen atoms in total. The minimum Gasteiger partial charge on any atom is -0.467 e. The highest BCUT2D eigenvalue weighted by atomic mass is 32.1. The average Bonchev–Trinajstić information content (AvgIpc) is 3.24. The molecule has 190 valence electrons. The van der Waals surface area contributed by atoms with Crippen molar-refractivity contribution in [2.45, 2.75) is 33.9 Å². The van der Waals surface area contributed by atoms with E-state index in [2.05, 4.69) is 10.3 Å². The molecule has 0 saturated carbocycles. The van der Waals surface area contributed by atoms with Crippen LogP contribution >= 0.6 is 11.3 Å². The largest absolute Gasteiger partial charge is 0.467 e. The van der Waals surface area contributed by atoms with E-state index in [-0.39, 0.29) is 38.0 Å². The fourth-order valence-corrected chi connectivity index (χ4v) is 5.35. The van der Waals surface area contributed by atoms with Crippen LogP contribution in [-0.4, -0.2) is 34.8 Å². The van der Waals surface area contributed by atoms with Gasteiger partial charge in [-0.3, -0.25) is 14.2 Å². The number of esters is 1. The van der Waals surface area contributed by atoms with Gasteiger partial charge >= 0.3 is 5.97 Å². The Balaban J connectivity index is 1.51. The fourth-order valence-electron chi connectivity index (χ4n) is 4.31. The molecule has 1 amide bonds. The number of benzene rings is 2. The van der Waals surface area contributed by atoms with Crippen molar-refractivity contribution in [3.8, 4) is 5.75 Å². The number of ether oxygens (including phenoxy) is 3. The highest BCUT2D eigenvalue weighted by molar-refractivity contribution is 7.20. The first kappa shape index (κ1) is 24.7. The summed E-state index contributed by atoms with van der Waals surface area (Å²) in [6.07, 6.45) is 1.45. The number of thiophene rings is 1. The van der Waals surface area contributed by atoms with Crippen LogP contribution in [0.3, 0.4) is 0 Å². The molecular formula is C27H25N3O6S. The van der Waals surface area contributed by atoms with Crippen molar-refractivity contribution in [1.29, 1.82) is 0 Å². The quantitative estimate of drug-likeness (QED) is 0.376. The first-order valence-electron chi connectivity index (χ1n) is 11.8. The van der Waals surface area contributed by atoms with Gasteiger partial charge in [-0.1, -0.05) is 18.2 Å². The van der Waals surface area contributed by atoms with Gasteiger partial charge in [-0.05, 0) is 50.1 Å². The second-order valence-corrected chi connectivity index (χ2v) is 9.64. The molecule has 0 bridgehead atoms. The highest BCUT2D eigenvalue weighted by Crippen LogP contribution is 2.32. The summed E-state index contributed by atoms with van der Waals surface area (Å²) in [5.41, 5.74) is 3.64. The van der Waals surface area contributed by atoms with Crippen molar-refractivity contribution in [2.75, 3.05) is 18.7 Å². The molecule has 4 aromatic rings. The van der Waals surface area contributed by atoms with E-state index in [1.54, 1.807) is 26.0 Å². The van der Waals surface area contributed by atoms with Crippen LogP contribution in [0.1, 0.15) is 49.2 Å². The zero-order valence-corrected chi connectivity index (χ0v) is 21.4. The predicted molar refractivity (Wildman–Crippen MR) is 140 cm³/mol. The maximum Gasteiger partial charge on any atom is 0.338 e. The zero-order chi connectivity index (χ0) is 26.1. The van der Waals surface area contributed by atoms with Gasteiger partial charge in [0.1, 0.15) is 10.6 Å². The summed E-state index contributed by atoms with van der Waals surface area (Å²) < 4.78 is 17.7. The number of para-hydroxylation sites is 1. The van der Waals surface area contributed by atoms with Crippen LogP contribution in [0.4, 0.5) is 5.69 Å². The van der Waals surface area contributed by atoms with E-state index >= 15 is 0 Å². The molecule has 0 atom stereocenters. The van der Waals surface area contributed by atoms with Crippen molar-refractivity contribution >= 4 is 39.1 Å². The van der Waals surface area contributed by atoms with Crippen molar-refractivity contribution in [3.63, 3.8) is 0 Å². The molecule has 1 aliphatic rings.